The maximum Gasteiger partial charge on any atom is 0.320 e. The van der Waals surface area contributed by atoms with E-state index in [2.05, 4.69) is 27.3 Å². The molecule has 2 aliphatic rings. The number of carbonyl (C=O) groups is 11. The number of fused-ring (bicyclic) bond motifs is 2. The number of carboxylic acid groups (broad SMARTS) is 4. The van der Waals surface area contributed by atoms with Crippen molar-refractivity contribution in [3.63, 3.8) is 0 Å². The maximum atomic E-state index is 14.7. The molecular weight excluding hydrogens is 1590 g/mol. The van der Waals surface area contributed by atoms with Crippen molar-refractivity contribution >= 4 is 65.4 Å². The Morgan fingerprint density at radius 3 is 0.959 bits per heavy atom. The number of hydrogen-bond acceptors (Lipinski definition) is 26. The van der Waals surface area contributed by atoms with Crippen LogP contribution in [0.5, 0.6) is 0 Å². The van der Waals surface area contributed by atoms with Gasteiger partial charge in [0.05, 0.1) is 129 Å². The molecule has 698 valence electrons. The van der Waals surface area contributed by atoms with Crippen molar-refractivity contribution in [3.05, 3.63) is 69.8 Å². The largest absolute Gasteiger partial charge is 0.481 e. The molecule has 0 aromatic heterocycles. The van der Waals surface area contributed by atoms with Crippen LogP contribution in [0.1, 0.15) is 180 Å². The summed E-state index contributed by atoms with van der Waals surface area (Å²) in [5, 5.41) is 52.8. The molecule has 8 atom stereocenters. The van der Waals surface area contributed by atoms with Crippen molar-refractivity contribution in [1.82, 2.24) is 40.9 Å². The zero-order valence-electron chi connectivity index (χ0n) is 75.5. The Hall–Kier alpha value is -7.87. The number of aliphatic carboxylic acids is 4. The van der Waals surface area contributed by atoms with Gasteiger partial charge in [-0.2, -0.15) is 0 Å². The zero-order chi connectivity index (χ0) is 91.2. The van der Waals surface area contributed by atoms with Crippen molar-refractivity contribution in [2.24, 2.45) is 52.9 Å². The Kier molecular flexibility index (Phi) is 49.8. The second-order valence-electron chi connectivity index (χ2n) is 35.5. The monoisotopic (exact) mass is 1740 g/mol. The molecule has 1 fully saturated rings. The van der Waals surface area contributed by atoms with E-state index < -0.39 is 124 Å². The third-order valence-corrected chi connectivity index (χ3v) is 21.3. The number of benzene rings is 2. The molecule has 0 saturated carbocycles. The topological polar surface area (TPSA) is 465 Å². The van der Waals surface area contributed by atoms with Gasteiger partial charge in [0.15, 0.2) is 0 Å². The van der Waals surface area contributed by atoms with Gasteiger partial charge in [0, 0.05) is 109 Å². The average molecular weight is 1740 g/mol. The smallest absolute Gasteiger partial charge is 0.320 e. The van der Waals surface area contributed by atoms with E-state index in [1.807, 2.05) is 49.9 Å². The lowest BCUT2D eigenvalue weighted by Gasteiger charge is -2.34. The quantitative estimate of drug-likeness (QED) is 0.0238. The molecule has 0 spiro atoms. The molecule has 0 bridgehead atoms. The number of hydrogen-bond donors (Lipinski definition) is 10. The van der Waals surface area contributed by atoms with Crippen molar-refractivity contribution in [2.45, 2.75) is 189 Å². The van der Waals surface area contributed by atoms with Gasteiger partial charge in [0.25, 0.3) is 0 Å². The Morgan fingerprint density at radius 2 is 0.634 bits per heavy atom. The van der Waals surface area contributed by atoms with E-state index in [1.54, 1.807) is 90.0 Å². The van der Waals surface area contributed by atoms with Crippen LogP contribution in [0, 0.1) is 41.4 Å². The molecule has 1 aliphatic carbocycles. The molecule has 4 amide bonds. The van der Waals surface area contributed by atoms with Crippen LogP contribution in [0.4, 0.5) is 0 Å². The van der Waals surface area contributed by atoms with Crippen molar-refractivity contribution in [1.29, 1.82) is 0 Å². The van der Waals surface area contributed by atoms with E-state index in [0.29, 0.717) is 104 Å². The third kappa shape index (κ3) is 46.3. The molecule has 34 heteroatoms. The van der Waals surface area contributed by atoms with E-state index in [9.17, 15) is 73.2 Å². The summed E-state index contributed by atoms with van der Waals surface area (Å²) in [4.78, 5) is 155. The van der Waals surface area contributed by atoms with E-state index in [1.165, 1.54) is 0 Å². The zero-order valence-corrected chi connectivity index (χ0v) is 75.5. The number of esters is 3. The SMILES string of the molecule is CC(CC(CC(C)C(=O)O)c1ccc2c(c1)CCc1ccc(C(CC(C)C(=O)O)CC(CC(CC(CC(C)C(=O)NCCOCCOCCNC(=O)CN3CCN(CC(=O)OC(C)(C)C)CCN(CC(=O)OC(C)(C)C)CCN(CC(=O)OC(C)(C)C)CC3)C(=O)NCCOCCOCCN)C(=O)NCCOCCOCCN)C(=O)O)cc1CC2)C(=O)O. The highest BCUT2D eigenvalue weighted by Gasteiger charge is 2.37. The first-order chi connectivity index (χ1) is 58.1. The summed E-state index contributed by atoms with van der Waals surface area (Å²) >= 11 is 0. The Balaban J connectivity index is 1.48. The van der Waals surface area contributed by atoms with Crippen LogP contribution < -0.4 is 32.7 Å². The van der Waals surface area contributed by atoms with E-state index >= 15 is 0 Å². The van der Waals surface area contributed by atoms with Crippen LogP contribution in [0.3, 0.4) is 0 Å². The van der Waals surface area contributed by atoms with Gasteiger partial charge in [-0.3, -0.25) is 72.3 Å². The van der Waals surface area contributed by atoms with Gasteiger partial charge in [0.1, 0.15) is 16.8 Å². The number of ether oxygens (including phenoxy) is 9. The van der Waals surface area contributed by atoms with Crippen LogP contribution in [-0.2, 0) is 121 Å². The first-order valence-electron chi connectivity index (χ1n) is 43.8. The molecule has 12 N–H and O–H groups in total. The number of nitrogens with one attached hydrogen (secondary N) is 4. The van der Waals surface area contributed by atoms with Crippen LogP contribution in [0.2, 0.25) is 0 Å². The van der Waals surface area contributed by atoms with Gasteiger partial charge in [-0.25, -0.2) is 0 Å². The highest BCUT2D eigenvalue weighted by atomic mass is 16.6. The van der Waals surface area contributed by atoms with Crippen LogP contribution in [0.15, 0.2) is 36.4 Å². The fourth-order valence-electron chi connectivity index (χ4n) is 14.8. The minimum absolute atomic E-state index is 0.00501. The molecule has 1 aliphatic heterocycles. The lowest BCUT2D eigenvalue weighted by molar-refractivity contribution is -0.158. The molecular formula is C89H148N10O24. The first-order valence-corrected chi connectivity index (χ1v) is 43.8. The van der Waals surface area contributed by atoms with Crippen molar-refractivity contribution < 1.29 is 116 Å². The fraction of sp³-hybridized carbons (Fsp3) is 0.742. The summed E-state index contributed by atoms with van der Waals surface area (Å²) in [5.74, 6) is -14.7. The lowest BCUT2D eigenvalue weighted by atomic mass is 9.76. The third-order valence-electron chi connectivity index (χ3n) is 21.3. The molecule has 1 heterocycles. The van der Waals surface area contributed by atoms with Gasteiger partial charge in [-0.05, 0) is 178 Å². The summed E-state index contributed by atoms with van der Waals surface area (Å²) in [6.45, 7) is 28.9. The highest BCUT2D eigenvalue weighted by Crippen LogP contribution is 2.38. The van der Waals surface area contributed by atoms with Crippen LogP contribution in [-0.4, -0.2) is 319 Å². The predicted octanol–water partition coefficient (Wildman–Crippen LogP) is 4.93. The number of aryl methyl sites for hydroxylation is 4. The summed E-state index contributed by atoms with van der Waals surface area (Å²) < 4.78 is 50.9. The van der Waals surface area contributed by atoms with E-state index in [0.717, 1.165) is 33.4 Å². The Morgan fingerprint density at radius 1 is 0.341 bits per heavy atom. The number of carbonyl (C=O) groups excluding carboxylic acids is 7. The number of rotatable bonds is 56. The molecule has 0 radical (unpaired) electrons. The second kappa shape index (κ2) is 57.0. The van der Waals surface area contributed by atoms with Crippen molar-refractivity contribution in [2.75, 3.05) is 197 Å². The molecule has 8 unspecified atom stereocenters. The molecule has 123 heavy (non-hydrogen) atoms. The summed E-state index contributed by atoms with van der Waals surface area (Å²) in [6, 6.07) is 12.0. The number of amides is 4. The molecule has 1 saturated heterocycles. The normalized spacial score (nSPS) is 16.6. The fourth-order valence-corrected chi connectivity index (χ4v) is 14.8. The second-order valence-corrected chi connectivity index (χ2v) is 35.5. The summed E-state index contributed by atoms with van der Waals surface area (Å²) in [6.07, 6.45) is 2.48. The van der Waals surface area contributed by atoms with Gasteiger partial charge in [0.2, 0.25) is 23.6 Å². The highest BCUT2D eigenvalue weighted by molar-refractivity contribution is 5.84. The predicted molar refractivity (Wildman–Crippen MR) is 462 cm³/mol. The minimum Gasteiger partial charge on any atom is -0.481 e. The lowest BCUT2D eigenvalue weighted by Crippen LogP contribution is -2.50. The molecule has 2 aromatic rings. The summed E-state index contributed by atoms with van der Waals surface area (Å²) in [5.41, 5.74) is 14.8. The number of carboxylic acids is 4. The van der Waals surface area contributed by atoms with Gasteiger partial charge in [-0.15, -0.1) is 0 Å². The number of nitrogens with two attached hydrogens (primary N) is 2. The molecule has 2 aromatic carbocycles. The van der Waals surface area contributed by atoms with Gasteiger partial charge >= 0.3 is 41.8 Å². The molecule has 4 rings (SSSR count). The van der Waals surface area contributed by atoms with E-state index in [4.69, 9.17) is 54.1 Å². The first kappa shape index (κ1) is 107. The molecule has 34 nitrogen and oxygen atoms in total. The average Bonchev–Trinajstić information content (AvgIpc) is 0.800. The van der Waals surface area contributed by atoms with Crippen LogP contribution in [0.25, 0.3) is 0 Å². The Labute approximate surface area is 727 Å². The summed E-state index contributed by atoms with van der Waals surface area (Å²) in [7, 11) is 0. The Bertz CT molecular complexity index is 3500. The van der Waals surface area contributed by atoms with Crippen LogP contribution >= 0.6 is 0 Å². The van der Waals surface area contributed by atoms with Gasteiger partial charge < -0.3 is 95.8 Å². The van der Waals surface area contributed by atoms with Crippen molar-refractivity contribution in [3.8, 4) is 0 Å². The van der Waals surface area contributed by atoms with E-state index in [-0.39, 0.29) is 175 Å². The number of nitrogens with zero attached hydrogens (tertiary/aromatic N) is 4. The maximum absolute atomic E-state index is 14.7. The minimum atomic E-state index is -1.25. The standard InChI is InChI=1S/C89H148N10O24/c1-61(80(104)93-25-39-118-47-46-117-38-24-92-76(100)57-96-28-30-97(58-77(101)121-87(5,6)7)32-34-99(60-79(103)123-89(11,12)13)35-33-98(31-29-96)59-78(102)122-88(8,9)10)48-73(81(105)94-26-40-119-44-42-115-36-22-90)55-74(82(106)95-27-41-120-45-43-116-37-23-91)56-75(86(113)114)54-72(51-64(4)85(111)112)70-21-17-66-14-18-67-52-69(20-16-65(67)15-19-68(66)53-70)71(49-62(2)83(107)108)50-63(3)84(109)110/h16-17,20-21,52-53,61-64,71-75H,14-15,18-19,22-51,54-60,90-91H2,1-13H3,(H,92,100)(H,93,104)(H,94,105)(H,95,106)(H,107,108)(H,109,110)(H,111,112)(H,113,114). The van der Waals surface area contributed by atoms with Gasteiger partial charge in [-0.1, -0.05) is 64.1 Å².